The lowest BCUT2D eigenvalue weighted by Crippen LogP contribution is -2.18. The predicted molar refractivity (Wildman–Crippen MR) is 85.7 cm³/mol. The lowest BCUT2D eigenvalue weighted by atomic mass is 10.3. The fourth-order valence-corrected chi connectivity index (χ4v) is 2.53. The van der Waals surface area contributed by atoms with E-state index in [1.807, 2.05) is 0 Å². The highest BCUT2D eigenvalue weighted by Crippen LogP contribution is 2.35. The van der Waals surface area contributed by atoms with Gasteiger partial charge >= 0.3 is 11.7 Å². The van der Waals surface area contributed by atoms with Crippen molar-refractivity contribution in [3.8, 4) is 11.5 Å². The minimum Gasteiger partial charge on any atom is -0.482 e. The Bertz CT molecular complexity index is 792. The quantitative estimate of drug-likeness (QED) is 0.318. The summed E-state index contributed by atoms with van der Waals surface area (Å²) in [5, 5.41) is 10.8. The van der Waals surface area contributed by atoms with Crippen LogP contribution >= 0.6 is 34.8 Å². The molecule has 0 aliphatic heterocycles. The first-order valence-corrected chi connectivity index (χ1v) is 7.33. The molecule has 0 spiro atoms. The van der Waals surface area contributed by atoms with Gasteiger partial charge in [0.25, 0.3) is 0 Å². The van der Waals surface area contributed by atoms with Crippen LogP contribution in [0.5, 0.6) is 11.5 Å². The van der Waals surface area contributed by atoms with Crippen LogP contribution in [0.4, 0.5) is 10.1 Å². The average Bonchev–Trinajstić information content (AvgIpc) is 2.48. The molecule has 6 nitrogen and oxygen atoms in total. The van der Waals surface area contributed by atoms with E-state index in [1.165, 1.54) is 12.1 Å². The maximum Gasteiger partial charge on any atom is 0.349 e. The molecule has 0 radical (unpaired) electrons. The molecule has 0 heterocycles. The van der Waals surface area contributed by atoms with Crippen molar-refractivity contribution in [2.45, 2.75) is 0 Å². The maximum atomic E-state index is 13.4. The number of hydrogen-bond donors (Lipinski definition) is 0. The number of carbonyl (C=O) groups is 1. The van der Waals surface area contributed by atoms with Crippen LogP contribution in [-0.4, -0.2) is 17.5 Å². The van der Waals surface area contributed by atoms with Crippen LogP contribution in [0, 0.1) is 15.9 Å². The van der Waals surface area contributed by atoms with E-state index in [9.17, 15) is 19.3 Å². The van der Waals surface area contributed by atoms with Crippen LogP contribution in [0.15, 0.2) is 30.3 Å². The molecule has 10 heteroatoms. The lowest BCUT2D eigenvalue weighted by Gasteiger charge is -2.09. The van der Waals surface area contributed by atoms with Gasteiger partial charge in [-0.05, 0) is 18.2 Å². The Kier molecular flexibility index (Phi) is 5.82. The first-order chi connectivity index (χ1) is 11.3. The number of halogens is 4. The first kappa shape index (κ1) is 18.3. The molecule has 0 saturated heterocycles. The molecule has 0 aliphatic rings. The third-order valence-corrected chi connectivity index (χ3v) is 3.43. The molecule has 0 aromatic heterocycles. The molecular weight excluding hydrogens is 388 g/mol. The van der Waals surface area contributed by atoms with E-state index in [0.717, 1.165) is 18.2 Å². The fourth-order valence-electron chi connectivity index (χ4n) is 1.64. The van der Waals surface area contributed by atoms with Crippen molar-refractivity contribution in [3.63, 3.8) is 0 Å². The summed E-state index contributed by atoms with van der Waals surface area (Å²) < 4.78 is 23.4. The summed E-state index contributed by atoms with van der Waals surface area (Å²) in [6.07, 6.45) is 0. The van der Waals surface area contributed by atoms with Gasteiger partial charge in [-0.15, -0.1) is 0 Å². The molecule has 0 aliphatic carbocycles. The van der Waals surface area contributed by atoms with Gasteiger partial charge in [-0.2, -0.15) is 4.39 Å². The van der Waals surface area contributed by atoms with E-state index in [1.54, 1.807) is 0 Å². The summed E-state index contributed by atoms with van der Waals surface area (Å²) in [5.74, 6) is -2.12. The number of hydrogen-bond acceptors (Lipinski definition) is 5. The predicted octanol–water partition coefficient (Wildman–Crippen LogP) is 4.68. The van der Waals surface area contributed by atoms with Crippen LogP contribution in [0.3, 0.4) is 0 Å². The highest BCUT2D eigenvalue weighted by molar-refractivity contribution is 6.40. The van der Waals surface area contributed by atoms with Crippen LogP contribution in [-0.2, 0) is 4.79 Å². The summed E-state index contributed by atoms with van der Waals surface area (Å²) in [4.78, 5) is 21.4. The summed E-state index contributed by atoms with van der Waals surface area (Å²) >= 11 is 17.5. The van der Waals surface area contributed by atoms with Gasteiger partial charge in [0.2, 0.25) is 5.82 Å². The highest BCUT2D eigenvalue weighted by atomic mass is 35.5. The number of carbonyl (C=O) groups excluding carboxylic acids is 1. The van der Waals surface area contributed by atoms with Crippen LogP contribution in [0.2, 0.25) is 15.1 Å². The number of rotatable bonds is 5. The normalized spacial score (nSPS) is 10.3. The van der Waals surface area contributed by atoms with E-state index >= 15 is 0 Å². The standard InChI is InChI=1S/C14H7Cl3FNO5/c15-7-3-9(16)14(10(17)4-7)24-13(20)6-23-8-1-2-12(19(21)22)11(18)5-8/h1-5H,6H2. The SMILES string of the molecule is O=C(COc1ccc([N+](=O)[O-])c(F)c1)Oc1c(Cl)cc(Cl)cc1Cl. The monoisotopic (exact) mass is 393 g/mol. The summed E-state index contributed by atoms with van der Waals surface area (Å²) in [7, 11) is 0. The van der Waals surface area contributed by atoms with Gasteiger partial charge < -0.3 is 9.47 Å². The van der Waals surface area contributed by atoms with Gasteiger partial charge in [0.1, 0.15) is 5.75 Å². The largest absolute Gasteiger partial charge is 0.482 e. The van der Waals surface area contributed by atoms with Crippen molar-refractivity contribution >= 4 is 46.5 Å². The Labute approximate surface area is 149 Å². The van der Waals surface area contributed by atoms with E-state index in [2.05, 4.69) is 0 Å². The van der Waals surface area contributed by atoms with E-state index in [4.69, 9.17) is 44.3 Å². The van der Waals surface area contributed by atoms with Crippen molar-refractivity contribution in [1.82, 2.24) is 0 Å². The second kappa shape index (κ2) is 7.65. The number of nitrogens with zero attached hydrogens (tertiary/aromatic N) is 1. The number of benzene rings is 2. The smallest absolute Gasteiger partial charge is 0.349 e. The molecule has 2 aromatic rings. The summed E-state index contributed by atoms with van der Waals surface area (Å²) in [6.45, 7) is -0.591. The Balaban J connectivity index is 2.02. The molecule has 2 aromatic carbocycles. The molecule has 0 bridgehead atoms. The van der Waals surface area contributed by atoms with Crippen molar-refractivity contribution in [3.05, 3.63) is 61.3 Å². The second-order valence-electron chi connectivity index (χ2n) is 4.33. The molecule has 24 heavy (non-hydrogen) atoms. The molecule has 0 unspecified atom stereocenters. The molecule has 0 fully saturated rings. The van der Waals surface area contributed by atoms with E-state index in [-0.39, 0.29) is 26.6 Å². The Morgan fingerprint density at radius 3 is 2.33 bits per heavy atom. The molecule has 126 valence electrons. The topological polar surface area (TPSA) is 78.7 Å². The summed E-state index contributed by atoms with van der Waals surface area (Å²) in [6, 6.07) is 5.53. The van der Waals surface area contributed by atoms with Crippen LogP contribution in [0.1, 0.15) is 0 Å². The van der Waals surface area contributed by atoms with Gasteiger partial charge in [-0.1, -0.05) is 34.8 Å². The molecule has 0 amide bonds. The molecule has 0 N–H and O–H groups in total. The number of nitro benzene ring substituents is 1. The summed E-state index contributed by atoms with van der Waals surface area (Å²) in [5.41, 5.74) is -0.704. The minimum absolute atomic E-state index is 0.0298. The maximum absolute atomic E-state index is 13.4. The Hall–Kier alpha value is -2.09. The number of ether oxygens (including phenoxy) is 2. The van der Waals surface area contributed by atoms with Crippen LogP contribution in [0.25, 0.3) is 0 Å². The third-order valence-electron chi connectivity index (χ3n) is 2.65. The second-order valence-corrected chi connectivity index (χ2v) is 5.58. The number of esters is 1. The van der Waals surface area contributed by atoms with Crippen molar-refractivity contribution in [1.29, 1.82) is 0 Å². The Morgan fingerprint density at radius 1 is 1.17 bits per heavy atom. The van der Waals surface area contributed by atoms with Gasteiger partial charge in [0.15, 0.2) is 12.4 Å². The lowest BCUT2D eigenvalue weighted by molar-refractivity contribution is -0.387. The average molecular weight is 395 g/mol. The zero-order valence-electron chi connectivity index (χ0n) is 11.6. The molecule has 0 saturated carbocycles. The van der Waals surface area contributed by atoms with Crippen molar-refractivity contribution < 1.29 is 23.6 Å². The van der Waals surface area contributed by atoms with Crippen LogP contribution < -0.4 is 9.47 Å². The fraction of sp³-hybridized carbons (Fsp3) is 0.0714. The Morgan fingerprint density at radius 2 is 1.79 bits per heavy atom. The minimum atomic E-state index is -1.09. The van der Waals surface area contributed by atoms with Gasteiger partial charge in [0, 0.05) is 17.2 Å². The molecular formula is C14H7Cl3FNO5. The van der Waals surface area contributed by atoms with E-state index in [0.29, 0.717) is 0 Å². The van der Waals surface area contributed by atoms with Crippen molar-refractivity contribution in [2.75, 3.05) is 6.61 Å². The van der Waals surface area contributed by atoms with E-state index < -0.39 is 29.0 Å². The van der Waals surface area contributed by atoms with Gasteiger partial charge in [-0.25, -0.2) is 4.79 Å². The third kappa shape index (κ3) is 4.47. The zero-order chi connectivity index (χ0) is 17.9. The van der Waals surface area contributed by atoms with Gasteiger partial charge in [0.05, 0.1) is 15.0 Å². The highest BCUT2D eigenvalue weighted by Gasteiger charge is 2.17. The first-order valence-electron chi connectivity index (χ1n) is 6.20. The van der Waals surface area contributed by atoms with Crippen molar-refractivity contribution in [2.24, 2.45) is 0 Å². The molecule has 0 atom stereocenters. The van der Waals surface area contributed by atoms with Gasteiger partial charge in [-0.3, -0.25) is 10.1 Å². The molecule has 2 rings (SSSR count). The zero-order valence-corrected chi connectivity index (χ0v) is 13.9. The number of nitro groups is 1.